The van der Waals surface area contributed by atoms with Crippen molar-refractivity contribution in [3.8, 4) is 11.5 Å². The van der Waals surface area contributed by atoms with Gasteiger partial charge in [0.25, 0.3) is 0 Å². The summed E-state index contributed by atoms with van der Waals surface area (Å²) < 4.78 is 6.39. The monoisotopic (exact) mass is 274 g/mol. The van der Waals surface area contributed by atoms with Crippen LogP contribution >= 0.6 is 23.5 Å². The molecule has 92 valence electrons. The Morgan fingerprint density at radius 3 is 2.06 bits per heavy atom. The van der Waals surface area contributed by atoms with Crippen LogP contribution in [0.5, 0.6) is 11.5 Å². The minimum atomic E-state index is 0.607. The molecule has 18 heavy (non-hydrogen) atoms. The molecule has 3 rings (SSSR count). The summed E-state index contributed by atoms with van der Waals surface area (Å²) in [6.45, 7) is 0. The van der Waals surface area contributed by atoms with Crippen LogP contribution in [0.4, 0.5) is 0 Å². The quantitative estimate of drug-likeness (QED) is 0.783. The van der Waals surface area contributed by atoms with Crippen LogP contribution in [-0.4, -0.2) is 11.5 Å². The Morgan fingerprint density at radius 2 is 1.39 bits per heavy atom. The highest BCUT2D eigenvalue weighted by molar-refractivity contribution is 8.19. The third-order valence-corrected chi connectivity index (χ3v) is 5.86. The van der Waals surface area contributed by atoms with E-state index < -0.39 is 0 Å². The zero-order chi connectivity index (χ0) is 12.2. The van der Waals surface area contributed by atoms with Crippen LogP contribution in [0.15, 0.2) is 54.6 Å². The number of hydrogen-bond acceptors (Lipinski definition) is 3. The van der Waals surface area contributed by atoms with E-state index in [0.717, 1.165) is 11.5 Å². The number of benzene rings is 2. The molecule has 0 aromatic heterocycles. The van der Waals surface area contributed by atoms with Crippen molar-refractivity contribution in [1.82, 2.24) is 0 Å². The van der Waals surface area contributed by atoms with Crippen LogP contribution < -0.4 is 4.74 Å². The van der Waals surface area contributed by atoms with Gasteiger partial charge in [0, 0.05) is 11.5 Å². The Balaban J connectivity index is 1.71. The van der Waals surface area contributed by atoms with Gasteiger partial charge < -0.3 is 4.74 Å². The van der Waals surface area contributed by atoms with Gasteiger partial charge in [-0.15, -0.1) is 23.5 Å². The lowest BCUT2D eigenvalue weighted by Crippen LogP contribution is -1.87. The van der Waals surface area contributed by atoms with Crippen molar-refractivity contribution in [3.63, 3.8) is 0 Å². The van der Waals surface area contributed by atoms with Crippen LogP contribution in [0, 0.1) is 0 Å². The summed E-state index contributed by atoms with van der Waals surface area (Å²) >= 11 is 4.05. The van der Waals surface area contributed by atoms with E-state index in [1.807, 2.05) is 53.9 Å². The summed E-state index contributed by atoms with van der Waals surface area (Å²) in [5.41, 5.74) is 1.39. The third kappa shape index (κ3) is 2.85. The Morgan fingerprint density at radius 1 is 0.778 bits per heavy atom. The average Bonchev–Trinajstić information content (AvgIpc) is 2.95. The van der Waals surface area contributed by atoms with E-state index in [0.29, 0.717) is 4.58 Å². The average molecular weight is 274 g/mol. The molecule has 0 atom stereocenters. The Labute approximate surface area is 116 Å². The second-order valence-electron chi connectivity index (χ2n) is 4.06. The van der Waals surface area contributed by atoms with E-state index in [4.69, 9.17) is 4.74 Å². The lowest BCUT2D eigenvalue weighted by atomic mass is 10.2. The van der Waals surface area contributed by atoms with Gasteiger partial charge in [-0.3, -0.25) is 0 Å². The Hall–Kier alpha value is -1.06. The Kier molecular flexibility index (Phi) is 3.81. The van der Waals surface area contributed by atoms with Gasteiger partial charge in [0.2, 0.25) is 0 Å². The van der Waals surface area contributed by atoms with Crippen molar-refractivity contribution in [1.29, 1.82) is 0 Å². The highest BCUT2D eigenvalue weighted by atomic mass is 32.2. The molecular formula is C15H14OS2. The van der Waals surface area contributed by atoms with Crippen molar-refractivity contribution < 1.29 is 4.74 Å². The number of rotatable bonds is 3. The van der Waals surface area contributed by atoms with Crippen LogP contribution in [0.25, 0.3) is 0 Å². The van der Waals surface area contributed by atoms with E-state index in [9.17, 15) is 0 Å². The highest BCUT2D eigenvalue weighted by Crippen LogP contribution is 2.45. The van der Waals surface area contributed by atoms with Gasteiger partial charge in [-0.05, 0) is 29.8 Å². The number of thioether (sulfide) groups is 2. The van der Waals surface area contributed by atoms with Gasteiger partial charge in [0.05, 0.1) is 4.58 Å². The van der Waals surface area contributed by atoms with E-state index >= 15 is 0 Å². The summed E-state index contributed by atoms with van der Waals surface area (Å²) in [6.07, 6.45) is 0. The van der Waals surface area contributed by atoms with Gasteiger partial charge in [0.15, 0.2) is 0 Å². The predicted octanol–water partition coefficient (Wildman–Crippen LogP) is 4.96. The molecular weight excluding hydrogens is 260 g/mol. The van der Waals surface area contributed by atoms with Crippen molar-refractivity contribution in [2.24, 2.45) is 0 Å². The van der Waals surface area contributed by atoms with Crippen molar-refractivity contribution in [2.75, 3.05) is 11.5 Å². The lowest BCUT2D eigenvalue weighted by Gasteiger charge is -2.10. The van der Waals surface area contributed by atoms with Crippen molar-refractivity contribution in [3.05, 3.63) is 60.2 Å². The molecule has 1 nitrogen and oxygen atoms in total. The van der Waals surface area contributed by atoms with Crippen LogP contribution in [-0.2, 0) is 0 Å². The summed E-state index contributed by atoms with van der Waals surface area (Å²) in [5, 5.41) is 0. The second-order valence-corrected chi connectivity index (χ2v) is 6.78. The van der Waals surface area contributed by atoms with Crippen molar-refractivity contribution in [2.45, 2.75) is 4.58 Å². The minimum absolute atomic E-state index is 0.607. The molecule has 0 N–H and O–H groups in total. The summed E-state index contributed by atoms with van der Waals surface area (Å²) in [6, 6.07) is 18.4. The maximum atomic E-state index is 5.78. The molecule has 0 amide bonds. The molecule has 2 aromatic carbocycles. The fourth-order valence-corrected chi connectivity index (χ4v) is 4.73. The van der Waals surface area contributed by atoms with E-state index in [1.165, 1.54) is 17.1 Å². The standard InChI is InChI=1S/C15H14OS2/c1-2-4-13(5-3-1)16-14-8-6-12(7-9-14)15-17-10-11-18-15/h1-9,15H,10-11H2. The molecule has 0 aliphatic carbocycles. The smallest absolute Gasteiger partial charge is 0.127 e. The first-order valence-electron chi connectivity index (χ1n) is 5.98. The maximum absolute atomic E-state index is 5.78. The summed E-state index contributed by atoms with van der Waals surface area (Å²) in [5.74, 6) is 4.31. The van der Waals surface area contributed by atoms with E-state index in [-0.39, 0.29) is 0 Å². The molecule has 0 spiro atoms. The van der Waals surface area contributed by atoms with Gasteiger partial charge in [-0.25, -0.2) is 0 Å². The fraction of sp³-hybridized carbons (Fsp3) is 0.200. The topological polar surface area (TPSA) is 9.23 Å². The highest BCUT2D eigenvalue weighted by Gasteiger charge is 2.17. The third-order valence-electron chi connectivity index (χ3n) is 2.75. The Bertz CT molecular complexity index is 490. The maximum Gasteiger partial charge on any atom is 0.127 e. The molecule has 2 aromatic rings. The van der Waals surface area contributed by atoms with Gasteiger partial charge in [-0.1, -0.05) is 30.3 Å². The zero-order valence-electron chi connectivity index (χ0n) is 9.91. The molecule has 1 heterocycles. The van der Waals surface area contributed by atoms with Gasteiger partial charge in [0.1, 0.15) is 11.5 Å². The number of ether oxygens (including phenoxy) is 1. The summed E-state index contributed by atoms with van der Waals surface area (Å²) in [7, 11) is 0. The lowest BCUT2D eigenvalue weighted by molar-refractivity contribution is 0.482. The van der Waals surface area contributed by atoms with Crippen LogP contribution in [0.2, 0.25) is 0 Å². The molecule has 1 aliphatic heterocycles. The molecule has 0 unspecified atom stereocenters. The molecule has 1 aliphatic rings. The first-order chi connectivity index (χ1) is 8.92. The molecule has 1 saturated heterocycles. The second kappa shape index (κ2) is 5.72. The van der Waals surface area contributed by atoms with Gasteiger partial charge in [-0.2, -0.15) is 0 Å². The van der Waals surface area contributed by atoms with Crippen molar-refractivity contribution >= 4 is 23.5 Å². The molecule has 0 bridgehead atoms. The molecule has 0 saturated carbocycles. The van der Waals surface area contributed by atoms with E-state index in [1.54, 1.807) is 0 Å². The predicted molar refractivity (Wildman–Crippen MR) is 80.6 cm³/mol. The zero-order valence-corrected chi connectivity index (χ0v) is 11.5. The SMILES string of the molecule is c1ccc(Oc2ccc(C3SCCS3)cc2)cc1. The normalized spacial score (nSPS) is 15.8. The van der Waals surface area contributed by atoms with Crippen LogP contribution in [0.1, 0.15) is 10.1 Å². The largest absolute Gasteiger partial charge is 0.457 e. The first kappa shape index (κ1) is 12.0. The first-order valence-corrected chi connectivity index (χ1v) is 8.08. The molecule has 0 radical (unpaired) electrons. The minimum Gasteiger partial charge on any atom is -0.457 e. The molecule has 3 heteroatoms. The van der Waals surface area contributed by atoms with E-state index in [2.05, 4.69) is 24.3 Å². The summed E-state index contributed by atoms with van der Waals surface area (Å²) in [4.78, 5) is 0. The molecule has 1 fully saturated rings. The number of hydrogen-bond donors (Lipinski definition) is 0. The van der Waals surface area contributed by atoms with Crippen LogP contribution in [0.3, 0.4) is 0 Å². The number of para-hydroxylation sites is 1. The van der Waals surface area contributed by atoms with Gasteiger partial charge >= 0.3 is 0 Å². The fourth-order valence-electron chi connectivity index (χ4n) is 1.87.